The topological polar surface area (TPSA) is 18.5 Å². The summed E-state index contributed by atoms with van der Waals surface area (Å²) < 4.78 is 10.7. The van der Waals surface area contributed by atoms with E-state index >= 15 is 0 Å². The van der Waals surface area contributed by atoms with Crippen LogP contribution in [0.4, 0.5) is 0 Å². The summed E-state index contributed by atoms with van der Waals surface area (Å²) in [6, 6.07) is 14.3. The Bertz CT molecular complexity index is 619. The average Bonchev–Trinajstić information content (AvgIpc) is 2.90. The van der Waals surface area contributed by atoms with Crippen molar-refractivity contribution in [3.8, 4) is 11.5 Å². The van der Waals surface area contributed by atoms with Gasteiger partial charge in [-0.1, -0.05) is 30.3 Å². The molecule has 0 fully saturated rings. The van der Waals surface area contributed by atoms with Crippen molar-refractivity contribution >= 4 is 5.57 Å². The Morgan fingerprint density at radius 2 is 1.53 bits per heavy atom. The van der Waals surface area contributed by atoms with Gasteiger partial charge in [0.25, 0.3) is 0 Å². The molecule has 0 bridgehead atoms. The van der Waals surface area contributed by atoms with Crippen molar-refractivity contribution in [2.75, 3.05) is 14.2 Å². The second-order valence-electron chi connectivity index (χ2n) is 4.44. The molecule has 2 heteroatoms. The zero-order chi connectivity index (χ0) is 13.2. The summed E-state index contributed by atoms with van der Waals surface area (Å²) in [5.74, 6) is 1.61. The summed E-state index contributed by atoms with van der Waals surface area (Å²) in [5.41, 5.74) is 4.81. The van der Waals surface area contributed by atoms with Gasteiger partial charge >= 0.3 is 0 Å². The highest BCUT2D eigenvalue weighted by Crippen LogP contribution is 2.36. The van der Waals surface area contributed by atoms with Crippen LogP contribution in [0.5, 0.6) is 11.5 Å². The van der Waals surface area contributed by atoms with Crippen molar-refractivity contribution in [2.45, 2.75) is 0 Å². The third kappa shape index (κ3) is 2.10. The Kier molecular flexibility index (Phi) is 3.00. The van der Waals surface area contributed by atoms with Crippen LogP contribution in [0.25, 0.3) is 5.57 Å². The average molecular weight is 251 g/mol. The molecule has 1 radical (unpaired) electrons. The molecule has 0 heterocycles. The molecule has 0 atom stereocenters. The number of methoxy groups -OCH3 is 2. The third-order valence-corrected chi connectivity index (χ3v) is 3.34. The van der Waals surface area contributed by atoms with Gasteiger partial charge in [0.2, 0.25) is 0 Å². The third-order valence-electron chi connectivity index (χ3n) is 3.34. The molecule has 1 aliphatic carbocycles. The van der Waals surface area contributed by atoms with Crippen molar-refractivity contribution in [1.29, 1.82) is 0 Å². The molecule has 0 saturated carbocycles. The summed E-state index contributed by atoms with van der Waals surface area (Å²) in [4.78, 5) is 0. The predicted octanol–water partition coefficient (Wildman–Crippen LogP) is 3.70. The molecule has 1 aliphatic rings. The minimum absolute atomic E-state index is 0.805. The SMILES string of the molecule is COc1cc(OC)cc(C2=C[CH]c3ccccc32)c1. The van der Waals surface area contributed by atoms with Crippen LogP contribution in [-0.2, 0) is 0 Å². The maximum absolute atomic E-state index is 5.33. The fraction of sp³-hybridized carbons (Fsp3) is 0.118. The highest BCUT2D eigenvalue weighted by atomic mass is 16.5. The lowest BCUT2D eigenvalue weighted by atomic mass is 9.99. The summed E-state index contributed by atoms with van der Waals surface area (Å²) in [6.07, 6.45) is 4.27. The lowest BCUT2D eigenvalue weighted by Gasteiger charge is -2.10. The highest BCUT2D eigenvalue weighted by Gasteiger charge is 2.16. The van der Waals surface area contributed by atoms with E-state index in [1.54, 1.807) is 14.2 Å². The fourth-order valence-electron chi connectivity index (χ4n) is 2.37. The summed E-state index contributed by atoms with van der Waals surface area (Å²) in [5, 5.41) is 0. The van der Waals surface area contributed by atoms with Gasteiger partial charge < -0.3 is 9.47 Å². The van der Waals surface area contributed by atoms with Crippen LogP contribution in [-0.4, -0.2) is 14.2 Å². The molecule has 0 amide bonds. The molecule has 0 aliphatic heterocycles. The summed E-state index contributed by atoms with van der Waals surface area (Å²) in [6.45, 7) is 0. The van der Waals surface area contributed by atoms with Crippen LogP contribution in [0.15, 0.2) is 48.5 Å². The van der Waals surface area contributed by atoms with Crippen LogP contribution in [0, 0.1) is 6.42 Å². The maximum atomic E-state index is 5.33. The molecule has 2 aromatic carbocycles. The van der Waals surface area contributed by atoms with Crippen molar-refractivity contribution in [2.24, 2.45) is 0 Å². The van der Waals surface area contributed by atoms with Gasteiger partial charge in [-0.3, -0.25) is 0 Å². The monoisotopic (exact) mass is 251 g/mol. The van der Waals surface area contributed by atoms with E-state index in [9.17, 15) is 0 Å². The largest absolute Gasteiger partial charge is 0.497 e. The molecular weight excluding hydrogens is 236 g/mol. The summed E-state index contributed by atoms with van der Waals surface area (Å²) >= 11 is 0. The van der Waals surface area contributed by atoms with Crippen LogP contribution in [0.3, 0.4) is 0 Å². The van der Waals surface area contributed by atoms with Gasteiger partial charge in [0.15, 0.2) is 0 Å². The number of fused-ring (bicyclic) bond motifs is 1. The van der Waals surface area contributed by atoms with Gasteiger partial charge in [0.1, 0.15) is 11.5 Å². The van der Waals surface area contributed by atoms with Crippen LogP contribution >= 0.6 is 0 Å². The van der Waals surface area contributed by atoms with E-state index in [1.807, 2.05) is 18.2 Å². The van der Waals surface area contributed by atoms with Crippen molar-refractivity contribution < 1.29 is 9.47 Å². The van der Waals surface area contributed by atoms with Gasteiger partial charge in [-0.25, -0.2) is 0 Å². The fourth-order valence-corrected chi connectivity index (χ4v) is 2.37. The lowest BCUT2D eigenvalue weighted by molar-refractivity contribution is 0.394. The van der Waals surface area contributed by atoms with Gasteiger partial charge in [0, 0.05) is 12.5 Å². The molecule has 0 spiro atoms. The number of hydrogen-bond donors (Lipinski definition) is 0. The molecule has 0 saturated heterocycles. The van der Waals surface area contributed by atoms with E-state index in [1.165, 1.54) is 16.7 Å². The number of benzene rings is 2. The van der Waals surface area contributed by atoms with Gasteiger partial charge in [-0.15, -0.1) is 0 Å². The van der Waals surface area contributed by atoms with Gasteiger partial charge in [0.05, 0.1) is 14.2 Å². The second-order valence-corrected chi connectivity index (χ2v) is 4.44. The molecule has 3 rings (SSSR count). The van der Waals surface area contributed by atoms with Crippen LogP contribution in [0.2, 0.25) is 0 Å². The number of allylic oxidation sites excluding steroid dienone is 1. The normalized spacial score (nSPS) is 12.8. The molecule has 2 nitrogen and oxygen atoms in total. The maximum Gasteiger partial charge on any atom is 0.123 e. The number of ether oxygens (including phenoxy) is 2. The van der Waals surface area contributed by atoms with Crippen LogP contribution < -0.4 is 9.47 Å². The Labute approximate surface area is 113 Å². The number of hydrogen-bond acceptors (Lipinski definition) is 2. The van der Waals surface area contributed by atoms with Crippen molar-refractivity contribution in [1.82, 2.24) is 0 Å². The van der Waals surface area contributed by atoms with E-state index < -0.39 is 0 Å². The second kappa shape index (κ2) is 4.81. The minimum atomic E-state index is 0.805. The summed E-state index contributed by atoms with van der Waals surface area (Å²) in [7, 11) is 3.34. The first-order valence-corrected chi connectivity index (χ1v) is 6.19. The molecule has 0 aromatic heterocycles. The quantitative estimate of drug-likeness (QED) is 0.828. The van der Waals surface area contributed by atoms with E-state index in [0.717, 1.165) is 17.1 Å². The first kappa shape index (κ1) is 11.8. The zero-order valence-corrected chi connectivity index (χ0v) is 11.0. The Hall–Kier alpha value is -2.22. The van der Waals surface area contributed by atoms with Crippen molar-refractivity contribution in [3.05, 3.63) is 71.7 Å². The van der Waals surface area contributed by atoms with Gasteiger partial charge in [-0.05, 0) is 34.4 Å². The molecule has 19 heavy (non-hydrogen) atoms. The lowest BCUT2D eigenvalue weighted by Crippen LogP contribution is -1.92. The van der Waals surface area contributed by atoms with Crippen LogP contribution in [0.1, 0.15) is 16.7 Å². The molecule has 95 valence electrons. The number of rotatable bonds is 3. The minimum Gasteiger partial charge on any atom is -0.497 e. The standard InChI is InChI=1S/C17H15O2/c1-18-14-9-13(10-15(11-14)19-2)17-8-7-12-5-3-4-6-16(12)17/h3-11H,1-2H3. The zero-order valence-electron chi connectivity index (χ0n) is 11.0. The Morgan fingerprint density at radius 1 is 0.842 bits per heavy atom. The highest BCUT2D eigenvalue weighted by molar-refractivity contribution is 5.87. The van der Waals surface area contributed by atoms with E-state index in [-0.39, 0.29) is 0 Å². The Balaban J connectivity index is 2.09. The molecule has 0 unspecified atom stereocenters. The van der Waals surface area contributed by atoms with E-state index in [2.05, 4.69) is 36.8 Å². The predicted molar refractivity (Wildman–Crippen MR) is 76.5 cm³/mol. The van der Waals surface area contributed by atoms with Gasteiger partial charge in [-0.2, -0.15) is 0 Å². The molecule has 2 aromatic rings. The molecular formula is C17H15O2. The van der Waals surface area contributed by atoms with Crippen molar-refractivity contribution in [3.63, 3.8) is 0 Å². The smallest absolute Gasteiger partial charge is 0.123 e. The first-order chi connectivity index (χ1) is 9.31. The molecule has 0 N–H and O–H groups in total. The Morgan fingerprint density at radius 3 is 2.21 bits per heavy atom. The van der Waals surface area contributed by atoms with E-state index in [0.29, 0.717) is 0 Å². The van der Waals surface area contributed by atoms with E-state index in [4.69, 9.17) is 9.47 Å². The first-order valence-electron chi connectivity index (χ1n) is 6.19.